The topological polar surface area (TPSA) is 19.6 Å². The number of rotatable bonds is 9. The minimum absolute atomic E-state index is 0.578. The van der Waals surface area contributed by atoms with Crippen molar-refractivity contribution in [2.75, 3.05) is 9.80 Å². The van der Waals surface area contributed by atoms with E-state index in [0.717, 1.165) is 55.8 Å². The zero-order valence-corrected chi connectivity index (χ0v) is 45.3. The van der Waals surface area contributed by atoms with E-state index in [4.69, 9.17) is 4.42 Å². The molecule has 0 bridgehead atoms. The lowest BCUT2D eigenvalue weighted by Crippen LogP contribution is -2.35. The molecule has 17 rings (SSSR count). The van der Waals surface area contributed by atoms with E-state index in [2.05, 4.69) is 325 Å². The van der Waals surface area contributed by atoms with Crippen LogP contribution in [0.2, 0.25) is 0 Å². The van der Waals surface area contributed by atoms with Gasteiger partial charge < -0.3 is 14.2 Å². The third kappa shape index (κ3) is 6.74. The highest BCUT2D eigenvalue weighted by Crippen LogP contribution is 2.67. The zero-order valence-electron chi connectivity index (χ0n) is 45.3. The van der Waals surface area contributed by atoms with Crippen molar-refractivity contribution in [2.45, 2.75) is 10.8 Å². The molecule has 13 aromatic carbocycles. The van der Waals surface area contributed by atoms with Gasteiger partial charge in [-0.2, -0.15) is 0 Å². The highest BCUT2D eigenvalue weighted by atomic mass is 16.3. The van der Waals surface area contributed by atoms with E-state index < -0.39 is 10.8 Å². The Balaban J connectivity index is 0.893. The van der Waals surface area contributed by atoms with E-state index in [1.165, 1.54) is 89.3 Å². The number of para-hydroxylation sites is 4. The van der Waals surface area contributed by atoms with Crippen LogP contribution in [0.1, 0.15) is 44.5 Å². The number of benzene rings is 13. The lowest BCUT2D eigenvalue weighted by molar-refractivity contribution is 0.669. The molecule has 3 nitrogen and oxygen atoms in total. The van der Waals surface area contributed by atoms with E-state index in [1.54, 1.807) is 0 Å². The molecule has 0 fully saturated rings. The lowest BCUT2D eigenvalue weighted by Gasteiger charge is -2.44. The summed E-state index contributed by atoms with van der Waals surface area (Å²) in [4.78, 5) is 4.89. The summed E-state index contributed by atoms with van der Waals surface area (Å²) in [7, 11) is 0. The summed E-state index contributed by atoms with van der Waals surface area (Å²) in [6.07, 6.45) is 0. The first-order chi connectivity index (χ1) is 41.2. The van der Waals surface area contributed by atoms with Crippen LogP contribution in [0, 0.1) is 0 Å². The third-order valence-electron chi connectivity index (χ3n) is 18.1. The smallest absolute Gasteiger partial charge is 0.159 e. The van der Waals surface area contributed by atoms with Crippen LogP contribution >= 0.6 is 0 Å². The highest BCUT2D eigenvalue weighted by molar-refractivity contribution is 6.11. The number of furan rings is 1. The van der Waals surface area contributed by atoms with Crippen molar-refractivity contribution < 1.29 is 4.42 Å². The van der Waals surface area contributed by atoms with Gasteiger partial charge >= 0.3 is 0 Å². The first kappa shape index (κ1) is 47.1. The molecule has 0 N–H and O–H groups in total. The highest BCUT2D eigenvalue weighted by Gasteiger charge is 2.53. The maximum Gasteiger partial charge on any atom is 0.159 e. The normalized spacial score (nSPS) is 14.9. The van der Waals surface area contributed by atoms with E-state index in [9.17, 15) is 0 Å². The molecule has 0 saturated heterocycles. The Morgan fingerprint density at radius 1 is 0.313 bits per heavy atom. The second kappa shape index (κ2) is 18.4. The molecule has 14 aromatic rings. The molecule has 0 saturated carbocycles. The van der Waals surface area contributed by atoms with Crippen LogP contribution in [-0.4, -0.2) is 0 Å². The molecule has 0 amide bonds. The largest absolute Gasteiger partial charge is 0.454 e. The predicted molar refractivity (Wildman–Crippen MR) is 342 cm³/mol. The van der Waals surface area contributed by atoms with Crippen molar-refractivity contribution in [2.24, 2.45) is 0 Å². The minimum Gasteiger partial charge on any atom is -0.454 e. The van der Waals surface area contributed by atoms with Gasteiger partial charge in [-0.25, -0.2) is 0 Å². The van der Waals surface area contributed by atoms with Crippen LogP contribution in [-0.2, 0) is 10.8 Å². The van der Waals surface area contributed by atoms with E-state index in [1.807, 2.05) is 0 Å². The summed E-state index contributed by atoms with van der Waals surface area (Å²) in [6, 6.07) is 117. The van der Waals surface area contributed by atoms with Crippen molar-refractivity contribution in [3.63, 3.8) is 0 Å². The fraction of sp³-hybridized carbons (Fsp3) is 0.0250. The van der Waals surface area contributed by atoms with Crippen molar-refractivity contribution in [3.8, 4) is 44.5 Å². The Kier molecular flexibility index (Phi) is 10.4. The maximum atomic E-state index is 6.94. The Morgan fingerprint density at radius 3 is 1.60 bits per heavy atom. The van der Waals surface area contributed by atoms with Gasteiger partial charge in [0.2, 0.25) is 0 Å². The van der Waals surface area contributed by atoms with Crippen molar-refractivity contribution in [1.29, 1.82) is 0 Å². The van der Waals surface area contributed by atoms with Gasteiger partial charge in [-0.15, -0.1) is 0 Å². The molecular weight excluding hydrogens is 1000 g/mol. The predicted octanol–water partition coefficient (Wildman–Crippen LogP) is 20.9. The minimum atomic E-state index is -0.631. The molecule has 3 aliphatic rings. The summed E-state index contributed by atoms with van der Waals surface area (Å²) in [5.41, 5.74) is 26.8. The number of hydrogen-bond donors (Lipinski definition) is 0. The molecule has 3 heteroatoms. The standard InChI is InChI=1S/C80H52N2O/c1-6-24-54(25-7-1)67-50-55(51-71-76(67)66-37-23-41-73-77(66)80(71,58-30-12-4-13-31-58)69-39-19-20-40-72(69)82(73)59-32-14-5-15-33-59)53-44-46-60(47-45-53)81(74-42-22-36-65-64-35-17-21-43-75(64)83-78(65)74)61-48-49-63-62-34-16-18-38-68(62)79(70(63)52-61,56-26-8-2-9-27-56)57-28-10-3-11-29-57/h1-52H. The Labute approximate surface area is 482 Å². The maximum absolute atomic E-state index is 6.94. The summed E-state index contributed by atoms with van der Waals surface area (Å²) >= 11 is 0. The van der Waals surface area contributed by atoms with Crippen LogP contribution < -0.4 is 9.80 Å². The molecule has 1 aromatic heterocycles. The quantitative estimate of drug-likeness (QED) is 0.144. The van der Waals surface area contributed by atoms with Gasteiger partial charge in [0.25, 0.3) is 0 Å². The number of anilines is 6. The van der Waals surface area contributed by atoms with E-state index >= 15 is 0 Å². The summed E-state index contributed by atoms with van der Waals surface area (Å²) in [5.74, 6) is 0. The second-order valence-corrected chi connectivity index (χ2v) is 22.2. The molecule has 1 unspecified atom stereocenters. The molecule has 2 heterocycles. The average Bonchev–Trinajstić information content (AvgIpc) is 1.63. The first-order valence-corrected chi connectivity index (χ1v) is 28.7. The van der Waals surface area contributed by atoms with Crippen LogP contribution in [0.3, 0.4) is 0 Å². The number of hydrogen-bond acceptors (Lipinski definition) is 3. The van der Waals surface area contributed by atoms with Gasteiger partial charge in [0.05, 0.1) is 27.9 Å². The van der Waals surface area contributed by atoms with Crippen molar-refractivity contribution in [3.05, 3.63) is 360 Å². The molecule has 1 atom stereocenters. The number of fused-ring (bicyclic) bond motifs is 11. The first-order valence-electron chi connectivity index (χ1n) is 28.7. The average molecular weight is 1060 g/mol. The molecule has 0 spiro atoms. The molecule has 2 aliphatic carbocycles. The molecular formula is C80H52N2O. The van der Waals surface area contributed by atoms with Gasteiger partial charge in [-0.05, 0) is 156 Å². The molecule has 83 heavy (non-hydrogen) atoms. The Morgan fingerprint density at radius 2 is 0.867 bits per heavy atom. The van der Waals surface area contributed by atoms with Crippen molar-refractivity contribution >= 4 is 56.1 Å². The molecule has 0 radical (unpaired) electrons. The van der Waals surface area contributed by atoms with Crippen LogP contribution in [0.4, 0.5) is 34.1 Å². The van der Waals surface area contributed by atoms with Gasteiger partial charge in [0.15, 0.2) is 5.58 Å². The van der Waals surface area contributed by atoms with E-state index in [0.29, 0.717) is 0 Å². The summed E-state index contributed by atoms with van der Waals surface area (Å²) < 4.78 is 6.94. The SMILES string of the molecule is c1ccc(-c2cc(-c3ccc(N(c4ccc5c(c4)C(c4ccccc4)(c4ccccc4)c4ccccc4-5)c4cccc5c4oc4ccccc45)cc3)cc3c2-c2cccc4c2C3(c2ccccc2)c2ccccc2N4c2ccccc2)cc1. The third-order valence-corrected chi connectivity index (χ3v) is 18.1. The van der Waals surface area contributed by atoms with Crippen LogP contribution in [0.5, 0.6) is 0 Å². The summed E-state index contributed by atoms with van der Waals surface area (Å²) in [6.45, 7) is 0. The molecule has 388 valence electrons. The van der Waals surface area contributed by atoms with Crippen LogP contribution in [0.15, 0.2) is 320 Å². The fourth-order valence-corrected chi connectivity index (χ4v) is 14.8. The molecule has 1 aliphatic heterocycles. The van der Waals surface area contributed by atoms with E-state index in [-0.39, 0.29) is 0 Å². The van der Waals surface area contributed by atoms with Gasteiger partial charge in [-0.1, -0.05) is 243 Å². The van der Waals surface area contributed by atoms with Gasteiger partial charge in [0.1, 0.15) is 5.58 Å². The van der Waals surface area contributed by atoms with Crippen LogP contribution in [0.25, 0.3) is 66.4 Å². The van der Waals surface area contributed by atoms with Gasteiger partial charge in [-0.3, -0.25) is 0 Å². The monoisotopic (exact) mass is 1060 g/mol. The lowest BCUT2D eigenvalue weighted by atomic mass is 9.64. The Hall–Kier alpha value is -10.7. The van der Waals surface area contributed by atoms with Crippen molar-refractivity contribution in [1.82, 2.24) is 0 Å². The number of nitrogens with zero attached hydrogens (tertiary/aromatic N) is 2. The van der Waals surface area contributed by atoms with Gasteiger partial charge in [0, 0.05) is 33.4 Å². The summed E-state index contributed by atoms with van der Waals surface area (Å²) in [5, 5.41) is 2.17. The fourth-order valence-electron chi connectivity index (χ4n) is 14.8. The zero-order chi connectivity index (χ0) is 54.6. The second-order valence-electron chi connectivity index (χ2n) is 22.2. The Bertz CT molecular complexity index is 4800.